The lowest BCUT2D eigenvalue weighted by Crippen LogP contribution is -2.16. The van der Waals surface area contributed by atoms with E-state index in [0.717, 1.165) is 23.0 Å². The Morgan fingerprint density at radius 3 is 2.82 bits per heavy atom. The second kappa shape index (κ2) is 3.32. The Morgan fingerprint density at radius 1 is 1.35 bits per heavy atom. The molecule has 2 aromatic heterocycles. The van der Waals surface area contributed by atoms with Crippen LogP contribution in [0.15, 0.2) is 33.9 Å². The highest BCUT2D eigenvalue weighted by molar-refractivity contribution is 5.99. The molecular weight excluding hydrogens is 214 g/mol. The Hall–Kier alpha value is -1.84. The van der Waals surface area contributed by atoms with E-state index in [2.05, 4.69) is 36.9 Å². The fourth-order valence-electron chi connectivity index (χ4n) is 1.89. The van der Waals surface area contributed by atoms with Crippen LogP contribution in [0.2, 0.25) is 0 Å². The summed E-state index contributed by atoms with van der Waals surface area (Å²) in [6, 6.07) is 5.90. The minimum absolute atomic E-state index is 0.0611. The van der Waals surface area contributed by atoms with Crippen LogP contribution in [-0.2, 0) is 12.0 Å². The molecule has 0 aliphatic carbocycles. The van der Waals surface area contributed by atoms with Crippen LogP contribution < -0.4 is 0 Å². The molecule has 0 saturated heterocycles. The summed E-state index contributed by atoms with van der Waals surface area (Å²) in [6.45, 7) is 7.16. The number of furan rings is 1. The first kappa shape index (κ1) is 10.3. The molecule has 0 amide bonds. The molecule has 0 radical (unpaired) electrons. The molecule has 0 saturated carbocycles. The number of nitrogens with zero attached hydrogens (tertiary/aromatic N) is 3. The third-order valence-electron chi connectivity index (χ3n) is 2.88. The number of fused-ring (bicyclic) bond motifs is 1. The van der Waals surface area contributed by atoms with E-state index in [0.29, 0.717) is 6.54 Å². The molecule has 4 nitrogen and oxygen atoms in total. The van der Waals surface area contributed by atoms with Crippen LogP contribution in [0.1, 0.15) is 37.9 Å². The van der Waals surface area contributed by atoms with E-state index in [1.807, 2.05) is 16.8 Å². The number of hydrogen-bond acceptors (Lipinski definition) is 3. The molecule has 0 fully saturated rings. The van der Waals surface area contributed by atoms with Crippen molar-refractivity contribution in [1.82, 2.24) is 9.78 Å². The van der Waals surface area contributed by atoms with Gasteiger partial charge < -0.3 is 4.42 Å². The van der Waals surface area contributed by atoms with Gasteiger partial charge in [0.2, 0.25) is 0 Å². The second-order valence-corrected chi connectivity index (χ2v) is 5.30. The van der Waals surface area contributed by atoms with Gasteiger partial charge in [-0.15, -0.1) is 0 Å². The molecule has 4 heteroatoms. The van der Waals surface area contributed by atoms with Gasteiger partial charge >= 0.3 is 0 Å². The average Bonchev–Trinajstić information content (AvgIpc) is 2.91. The smallest absolute Gasteiger partial charge is 0.192 e. The van der Waals surface area contributed by atoms with Gasteiger partial charge in [-0.05, 0) is 18.2 Å². The molecule has 2 aromatic rings. The highest BCUT2D eigenvalue weighted by atomic mass is 16.3. The van der Waals surface area contributed by atoms with Crippen molar-refractivity contribution in [3.63, 3.8) is 0 Å². The average molecular weight is 229 g/mol. The van der Waals surface area contributed by atoms with Gasteiger partial charge in [0.15, 0.2) is 11.6 Å². The minimum Gasteiger partial charge on any atom is -0.461 e. The van der Waals surface area contributed by atoms with Crippen molar-refractivity contribution in [3.8, 4) is 0 Å². The molecule has 17 heavy (non-hydrogen) atoms. The normalized spacial score (nSPS) is 14.9. The number of aliphatic imine (C=N–C) groups is 1. The fraction of sp³-hybridized carbons (Fsp3) is 0.385. The molecule has 1 aliphatic heterocycles. The van der Waals surface area contributed by atoms with Crippen molar-refractivity contribution in [3.05, 3.63) is 41.6 Å². The van der Waals surface area contributed by atoms with E-state index in [-0.39, 0.29) is 5.41 Å². The molecule has 3 rings (SSSR count). The van der Waals surface area contributed by atoms with Crippen LogP contribution >= 0.6 is 0 Å². The van der Waals surface area contributed by atoms with Gasteiger partial charge in [-0.2, -0.15) is 5.10 Å². The molecule has 0 N–H and O–H groups in total. The van der Waals surface area contributed by atoms with E-state index in [4.69, 9.17) is 4.42 Å². The van der Waals surface area contributed by atoms with Gasteiger partial charge in [-0.25, -0.2) is 4.68 Å². The topological polar surface area (TPSA) is 43.3 Å². The molecule has 0 atom stereocenters. The maximum Gasteiger partial charge on any atom is 0.192 e. The monoisotopic (exact) mass is 229 g/mol. The summed E-state index contributed by atoms with van der Waals surface area (Å²) in [5, 5.41) is 4.63. The molecule has 88 valence electrons. The highest BCUT2D eigenvalue weighted by Crippen LogP contribution is 2.25. The lowest BCUT2D eigenvalue weighted by atomic mass is 9.92. The lowest BCUT2D eigenvalue weighted by Gasteiger charge is -2.14. The summed E-state index contributed by atoms with van der Waals surface area (Å²) >= 11 is 0. The predicted molar refractivity (Wildman–Crippen MR) is 65.3 cm³/mol. The maximum atomic E-state index is 5.38. The summed E-state index contributed by atoms with van der Waals surface area (Å²) in [5.41, 5.74) is 2.28. The van der Waals surface area contributed by atoms with Crippen molar-refractivity contribution >= 4 is 5.84 Å². The second-order valence-electron chi connectivity index (χ2n) is 5.30. The summed E-state index contributed by atoms with van der Waals surface area (Å²) in [6.07, 6.45) is 1.66. The summed E-state index contributed by atoms with van der Waals surface area (Å²) in [7, 11) is 0. The molecule has 1 aliphatic rings. The Labute approximate surface area is 100.0 Å². The van der Waals surface area contributed by atoms with Gasteiger partial charge in [0.25, 0.3) is 0 Å². The van der Waals surface area contributed by atoms with Crippen molar-refractivity contribution < 1.29 is 4.42 Å². The molecule has 0 unspecified atom stereocenters. The summed E-state index contributed by atoms with van der Waals surface area (Å²) in [5.74, 6) is 1.58. The van der Waals surface area contributed by atoms with Crippen LogP contribution in [-0.4, -0.2) is 15.6 Å². The van der Waals surface area contributed by atoms with Crippen molar-refractivity contribution in [2.75, 3.05) is 0 Å². The zero-order valence-corrected chi connectivity index (χ0v) is 10.3. The predicted octanol–water partition coefficient (Wildman–Crippen LogP) is 2.58. The number of rotatable bonds is 1. The number of aromatic nitrogens is 2. The third kappa shape index (κ3) is 1.60. The number of hydrogen-bond donors (Lipinski definition) is 0. The van der Waals surface area contributed by atoms with E-state index in [1.165, 1.54) is 0 Å². The first-order valence-corrected chi connectivity index (χ1v) is 5.74. The van der Waals surface area contributed by atoms with Gasteiger partial charge in [-0.3, -0.25) is 4.99 Å². The largest absolute Gasteiger partial charge is 0.461 e. The van der Waals surface area contributed by atoms with E-state index >= 15 is 0 Å². The zero-order valence-electron chi connectivity index (χ0n) is 10.3. The van der Waals surface area contributed by atoms with Crippen LogP contribution in [0.3, 0.4) is 0 Å². The van der Waals surface area contributed by atoms with Gasteiger partial charge in [-0.1, -0.05) is 20.8 Å². The van der Waals surface area contributed by atoms with Crippen molar-refractivity contribution in [2.24, 2.45) is 4.99 Å². The van der Waals surface area contributed by atoms with Crippen molar-refractivity contribution in [2.45, 2.75) is 32.7 Å². The maximum absolute atomic E-state index is 5.38. The summed E-state index contributed by atoms with van der Waals surface area (Å²) < 4.78 is 7.27. The Kier molecular flexibility index (Phi) is 2.02. The van der Waals surface area contributed by atoms with Gasteiger partial charge in [0, 0.05) is 5.41 Å². The zero-order chi connectivity index (χ0) is 12.0. The first-order chi connectivity index (χ1) is 8.05. The molecular formula is C13H15N3O. The Bertz CT molecular complexity index is 570. The third-order valence-corrected chi connectivity index (χ3v) is 2.88. The van der Waals surface area contributed by atoms with Gasteiger partial charge in [0.05, 0.1) is 24.2 Å². The summed E-state index contributed by atoms with van der Waals surface area (Å²) in [4.78, 5) is 4.45. The Morgan fingerprint density at radius 2 is 2.18 bits per heavy atom. The fourth-order valence-corrected chi connectivity index (χ4v) is 1.89. The van der Waals surface area contributed by atoms with Crippen LogP contribution in [0, 0.1) is 0 Å². The molecule has 0 spiro atoms. The van der Waals surface area contributed by atoms with E-state index in [9.17, 15) is 0 Å². The van der Waals surface area contributed by atoms with E-state index < -0.39 is 0 Å². The minimum atomic E-state index is 0.0611. The van der Waals surface area contributed by atoms with E-state index in [1.54, 1.807) is 6.26 Å². The molecule has 0 aromatic carbocycles. The molecule has 0 bridgehead atoms. The Balaban J connectivity index is 2.05. The lowest BCUT2D eigenvalue weighted by molar-refractivity contribution is 0.547. The first-order valence-electron chi connectivity index (χ1n) is 5.74. The van der Waals surface area contributed by atoms with Crippen molar-refractivity contribution in [1.29, 1.82) is 0 Å². The standard InChI is InChI=1S/C13H15N3O/c1-13(2,3)11-7-9-8-14-12(16(9)15-11)10-5-4-6-17-10/h4-7H,8H2,1-3H3. The highest BCUT2D eigenvalue weighted by Gasteiger charge is 2.25. The SMILES string of the molecule is CC(C)(C)c1cc2n(n1)C(c1ccco1)=NC2. The quantitative estimate of drug-likeness (QED) is 0.754. The van der Waals surface area contributed by atoms with Crippen LogP contribution in [0.5, 0.6) is 0 Å². The van der Waals surface area contributed by atoms with Crippen LogP contribution in [0.25, 0.3) is 0 Å². The van der Waals surface area contributed by atoms with Gasteiger partial charge in [0.1, 0.15) is 0 Å². The molecule has 3 heterocycles. The van der Waals surface area contributed by atoms with Crippen LogP contribution in [0.4, 0.5) is 0 Å².